The van der Waals surface area contributed by atoms with Gasteiger partial charge in [-0.3, -0.25) is 0 Å². The van der Waals surface area contributed by atoms with Crippen LogP contribution in [0.2, 0.25) is 0 Å². The van der Waals surface area contributed by atoms with Gasteiger partial charge in [-0.1, -0.05) is 0 Å². The Labute approximate surface area is 79.1 Å². The first kappa shape index (κ1) is 10.1. The lowest BCUT2D eigenvalue weighted by molar-refractivity contribution is 0.205. The van der Waals surface area contributed by atoms with Gasteiger partial charge < -0.3 is 14.2 Å². The van der Waals surface area contributed by atoms with E-state index in [1.54, 1.807) is 7.11 Å². The molecule has 1 aromatic rings. The minimum Gasteiger partial charge on any atom is -0.383 e. The number of aromatic nitrogens is 2. The van der Waals surface area contributed by atoms with Crippen molar-refractivity contribution in [2.45, 2.75) is 6.92 Å². The van der Waals surface area contributed by atoms with E-state index in [9.17, 15) is 0 Å². The van der Waals surface area contributed by atoms with Gasteiger partial charge in [0, 0.05) is 39.6 Å². The van der Waals surface area contributed by atoms with E-state index < -0.39 is 0 Å². The number of anilines is 1. The molecule has 0 aromatic carbocycles. The largest absolute Gasteiger partial charge is 0.383 e. The van der Waals surface area contributed by atoms with Gasteiger partial charge in [0.25, 0.3) is 0 Å². The Kier molecular flexibility index (Phi) is 3.76. The average molecular weight is 183 g/mol. The molecule has 0 unspecified atom stereocenters. The summed E-state index contributed by atoms with van der Waals surface area (Å²) in [7, 11) is 3.71. The summed E-state index contributed by atoms with van der Waals surface area (Å²) in [6.45, 7) is 4.69. The first-order chi connectivity index (χ1) is 6.29. The van der Waals surface area contributed by atoms with Gasteiger partial charge in [-0.05, 0) is 6.92 Å². The third-order valence-electron chi connectivity index (χ3n) is 2.03. The maximum atomic E-state index is 5.03. The quantitative estimate of drug-likeness (QED) is 0.679. The molecule has 0 fully saturated rings. The summed E-state index contributed by atoms with van der Waals surface area (Å²) in [6.07, 6.45) is 3.76. The molecule has 0 saturated carbocycles. The lowest BCUT2D eigenvalue weighted by atomic mass is 10.5. The topological polar surface area (TPSA) is 30.3 Å². The molecule has 0 aliphatic carbocycles. The minimum absolute atomic E-state index is 0.737. The van der Waals surface area contributed by atoms with Crippen molar-refractivity contribution < 1.29 is 4.74 Å². The van der Waals surface area contributed by atoms with Crippen LogP contribution < -0.4 is 4.90 Å². The Hall–Kier alpha value is -1.03. The van der Waals surface area contributed by atoms with Crippen LogP contribution in [0.3, 0.4) is 0 Å². The Morgan fingerprint density at radius 1 is 1.62 bits per heavy atom. The zero-order valence-electron chi connectivity index (χ0n) is 8.53. The summed E-state index contributed by atoms with van der Waals surface area (Å²) < 4.78 is 7.05. The maximum Gasteiger partial charge on any atom is 0.205 e. The summed E-state index contributed by atoms with van der Waals surface area (Å²) >= 11 is 0. The van der Waals surface area contributed by atoms with Crippen molar-refractivity contribution >= 4 is 5.95 Å². The van der Waals surface area contributed by atoms with Crippen molar-refractivity contribution in [2.75, 3.05) is 31.7 Å². The Morgan fingerprint density at radius 3 is 2.85 bits per heavy atom. The lowest BCUT2D eigenvalue weighted by Gasteiger charge is -2.21. The Morgan fingerprint density at radius 2 is 2.38 bits per heavy atom. The summed E-state index contributed by atoms with van der Waals surface area (Å²) in [5, 5.41) is 0. The van der Waals surface area contributed by atoms with Crippen LogP contribution >= 0.6 is 0 Å². The number of methoxy groups -OCH3 is 1. The zero-order chi connectivity index (χ0) is 9.68. The highest BCUT2D eigenvalue weighted by Gasteiger charge is 2.07. The SMILES string of the molecule is CCN(CCOC)c1nccn1C. The van der Waals surface area contributed by atoms with E-state index >= 15 is 0 Å². The number of hydrogen-bond acceptors (Lipinski definition) is 3. The molecule has 1 heterocycles. The number of likely N-dealkylation sites (N-methyl/N-ethyl adjacent to an activating group) is 1. The maximum absolute atomic E-state index is 5.03. The Bertz CT molecular complexity index is 247. The molecule has 0 radical (unpaired) electrons. The fourth-order valence-electron chi connectivity index (χ4n) is 1.26. The van der Waals surface area contributed by atoms with Gasteiger partial charge >= 0.3 is 0 Å². The normalized spacial score (nSPS) is 10.4. The average Bonchev–Trinajstić information content (AvgIpc) is 2.54. The molecule has 0 bridgehead atoms. The number of ether oxygens (including phenoxy) is 1. The monoisotopic (exact) mass is 183 g/mol. The summed E-state index contributed by atoms with van der Waals surface area (Å²) in [6, 6.07) is 0. The summed E-state index contributed by atoms with van der Waals surface area (Å²) in [4.78, 5) is 6.46. The molecule has 0 saturated heterocycles. The van der Waals surface area contributed by atoms with E-state index in [-0.39, 0.29) is 0 Å². The fourth-order valence-corrected chi connectivity index (χ4v) is 1.26. The van der Waals surface area contributed by atoms with Crippen molar-refractivity contribution in [3.63, 3.8) is 0 Å². The number of imidazole rings is 1. The van der Waals surface area contributed by atoms with Crippen molar-refractivity contribution in [3.05, 3.63) is 12.4 Å². The molecule has 0 spiro atoms. The number of rotatable bonds is 5. The predicted molar refractivity (Wildman–Crippen MR) is 53.0 cm³/mol. The van der Waals surface area contributed by atoms with E-state index in [4.69, 9.17) is 4.74 Å². The van der Waals surface area contributed by atoms with Crippen molar-refractivity contribution in [1.82, 2.24) is 9.55 Å². The van der Waals surface area contributed by atoms with E-state index in [1.165, 1.54) is 0 Å². The molecule has 0 aliphatic rings. The first-order valence-electron chi connectivity index (χ1n) is 4.50. The van der Waals surface area contributed by atoms with Gasteiger partial charge in [0.1, 0.15) is 0 Å². The molecule has 0 amide bonds. The van der Waals surface area contributed by atoms with E-state index in [2.05, 4.69) is 16.8 Å². The van der Waals surface area contributed by atoms with Crippen molar-refractivity contribution in [1.29, 1.82) is 0 Å². The molecule has 0 atom stereocenters. The van der Waals surface area contributed by atoms with Crippen LogP contribution in [-0.2, 0) is 11.8 Å². The molecular weight excluding hydrogens is 166 g/mol. The second-order valence-electron chi connectivity index (χ2n) is 2.91. The van der Waals surface area contributed by atoms with E-state index in [0.29, 0.717) is 0 Å². The van der Waals surface area contributed by atoms with Crippen LogP contribution in [0.5, 0.6) is 0 Å². The molecule has 1 aromatic heterocycles. The summed E-state index contributed by atoms with van der Waals surface area (Å²) in [5.41, 5.74) is 0. The first-order valence-corrected chi connectivity index (χ1v) is 4.50. The van der Waals surface area contributed by atoms with Crippen LogP contribution in [0.4, 0.5) is 5.95 Å². The number of hydrogen-bond donors (Lipinski definition) is 0. The van der Waals surface area contributed by atoms with Gasteiger partial charge in [0.05, 0.1) is 6.61 Å². The molecule has 74 valence electrons. The lowest BCUT2D eigenvalue weighted by Crippen LogP contribution is -2.29. The third-order valence-corrected chi connectivity index (χ3v) is 2.03. The molecule has 4 heteroatoms. The van der Waals surface area contributed by atoms with Crippen LogP contribution in [0.15, 0.2) is 12.4 Å². The van der Waals surface area contributed by atoms with Crippen molar-refractivity contribution in [3.8, 4) is 0 Å². The molecule has 0 aliphatic heterocycles. The zero-order valence-corrected chi connectivity index (χ0v) is 8.53. The Balaban J connectivity index is 2.61. The third kappa shape index (κ3) is 2.45. The smallest absolute Gasteiger partial charge is 0.205 e. The van der Waals surface area contributed by atoms with Crippen LogP contribution in [0, 0.1) is 0 Å². The number of aryl methyl sites for hydroxylation is 1. The van der Waals surface area contributed by atoms with Gasteiger partial charge in [-0.25, -0.2) is 4.98 Å². The van der Waals surface area contributed by atoms with Crippen LogP contribution in [0.1, 0.15) is 6.92 Å². The highest BCUT2D eigenvalue weighted by Crippen LogP contribution is 2.08. The fraction of sp³-hybridized carbons (Fsp3) is 0.667. The minimum atomic E-state index is 0.737. The standard InChI is InChI=1S/C9H17N3O/c1-4-12(7-8-13-3)9-10-5-6-11(9)2/h5-6H,4,7-8H2,1-3H3. The molecule has 0 N–H and O–H groups in total. The van der Waals surface area contributed by atoms with Crippen LogP contribution in [0.25, 0.3) is 0 Å². The second-order valence-corrected chi connectivity index (χ2v) is 2.91. The van der Waals surface area contributed by atoms with Crippen molar-refractivity contribution in [2.24, 2.45) is 7.05 Å². The molecule has 1 rings (SSSR count). The highest BCUT2D eigenvalue weighted by molar-refractivity contribution is 5.30. The molecular formula is C9H17N3O. The molecule has 4 nitrogen and oxygen atoms in total. The molecule has 13 heavy (non-hydrogen) atoms. The van der Waals surface area contributed by atoms with Gasteiger partial charge in [0.15, 0.2) is 0 Å². The second kappa shape index (κ2) is 4.87. The predicted octanol–water partition coefficient (Wildman–Crippen LogP) is 0.893. The highest BCUT2D eigenvalue weighted by atomic mass is 16.5. The van der Waals surface area contributed by atoms with E-state index in [1.807, 2.05) is 24.0 Å². The van der Waals surface area contributed by atoms with Gasteiger partial charge in [-0.15, -0.1) is 0 Å². The van der Waals surface area contributed by atoms with Crippen LogP contribution in [-0.4, -0.2) is 36.4 Å². The van der Waals surface area contributed by atoms with E-state index in [0.717, 1.165) is 25.6 Å². The summed E-state index contributed by atoms with van der Waals surface area (Å²) in [5.74, 6) is 1.000. The van der Waals surface area contributed by atoms with Gasteiger partial charge in [0.2, 0.25) is 5.95 Å². The number of nitrogens with zero attached hydrogens (tertiary/aromatic N) is 3. The van der Waals surface area contributed by atoms with Gasteiger partial charge in [-0.2, -0.15) is 0 Å².